The van der Waals surface area contributed by atoms with E-state index in [1.807, 2.05) is 0 Å². The van der Waals surface area contributed by atoms with Crippen molar-refractivity contribution in [2.24, 2.45) is 17.3 Å². The molecule has 0 radical (unpaired) electrons. The Labute approximate surface area is 102 Å². The number of hydrogen-bond donors (Lipinski definition) is 0. The second-order valence-corrected chi connectivity index (χ2v) is 11.2. The van der Waals surface area contributed by atoms with Gasteiger partial charge in [-0.15, -0.1) is 0 Å². The van der Waals surface area contributed by atoms with Crippen LogP contribution in [-0.2, 0) is 4.43 Å². The summed E-state index contributed by atoms with van der Waals surface area (Å²) in [4.78, 5) is 0. The molecule has 3 rings (SSSR count). The molecule has 2 bridgehead atoms. The Morgan fingerprint density at radius 3 is 2.31 bits per heavy atom. The van der Waals surface area contributed by atoms with Gasteiger partial charge in [-0.3, -0.25) is 0 Å². The van der Waals surface area contributed by atoms with Crippen molar-refractivity contribution in [3.63, 3.8) is 0 Å². The molecule has 3 aliphatic carbocycles. The lowest BCUT2D eigenvalue weighted by molar-refractivity contribution is -0.0985. The third kappa shape index (κ3) is 1.26. The Balaban J connectivity index is 2.35. The highest BCUT2D eigenvalue weighted by Gasteiger charge is 2.71. The normalized spacial score (nSPS) is 41.6. The van der Waals surface area contributed by atoms with Crippen LogP contribution in [0.3, 0.4) is 0 Å². The first-order valence-corrected chi connectivity index (χ1v) is 9.84. The van der Waals surface area contributed by atoms with Crippen molar-refractivity contribution in [1.82, 2.24) is 0 Å². The van der Waals surface area contributed by atoms with Crippen molar-refractivity contribution in [3.8, 4) is 0 Å². The smallest absolute Gasteiger partial charge is 0.193 e. The Morgan fingerprint density at radius 2 is 1.88 bits per heavy atom. The zero-order valence-corrected chi connectivity index (χ0v) is 12.9. The molecule has 0 saturated heterocycles. The van der Waals surface area contributed by atoms with Crippen LogP contribution >= 0.6 is 0 Å². The molecule has 0 N–H and O–H groups in total. The summed E-state index contributed by atoms with van der Waals surface area (Å²) in [5, 5.41) is 0.541. The summed E-state index contributed by atoms with van der Waals surface area (Å²) < 4.78 is 6.25. The van der Waals surface area contributed by atoms with E-state index < -0.39 is 8.32 Å². The molecule has 3 aliphatic rings. The van der Waals surface area contributed by atoms with Gasteiger partial charge in [-0.05, 0) is 55.1 Å². The van der Waals surface area contributed by atoms with Crippen LogP contribution in [0.2, 0.25) is 18.1 Å². The van der Waals surface area contributed by atoms with E-state index in [9.17, 15) is 0 Å². The van der Waals surface area contributed by atoms with Crippen molar-refractivity contribution >= 4 is 8.32 Å². The van der Waals surface area contributed by atoms with Gasteiger partial charge in [0.1, 0.15) is 0 Å². The maximum atomic E-state index is 6.25. The van der Waals surface area contributed by atoms with Crippen molar-refractivity contribution < 1.29 is 4.43 Å². The quantitative estimate of drug-likeness (QED) is 0.663. The monoisotopic (exact) mass is 240 g/mol. The van der Waals surface area contributed by atoms with Crippen LogP contribution in [-0.4, -0.2) is 14.9 Å². The van der Waals surface area contributed by atoms with E-state index in [2.05, 4.69) is 40.8 Å². The fourth-order valence-electron chi connectivity index (χ4n) is 5.24. The van der Waals surface area contributed by atoms with Crippen LogP contribution < -0.4 is 0 Å². The Kier molecular flexibility index (Phi) is 2.83. The van der Waals surface area contributed by atoms with Gasteiger partial charge in [0.15, 0.2) is 8.32 Å². The van der Waals surface area contributed by atoms with Crippen LogP contribution in [0.15, 0.2) is 0 Å². The fraction of sp³-hybridized carbons (Fsp3) is 1.00. The molecule has 0 aliphatic heterocycles. The highest BCUT2D eigenvalue weighted by Crippen LogP contribution is 2.78. The first-order valence-electron chi connectivity index (χ1n) is 6.93. The predicted octanol–water partition coefficient (Wildman–Crippen LogP) is 4.44. The molecule has 0 aromatic carbocycles. The minimum absolute atomic E-state index is 0.523. The zero-order chi connectivity index (χ0) is 12.2. The van der Waals surface area contributed by atoms with Crippen LogP contribution in [0.25, 0.3) is 0 Å². The van der Waals surface area contributed by atoms with Gasteiger partial charge in [-0.2, -0.15) is 0 Å². The number of rotatable bonds is 3. The average Bonchev–Trinajstić information content (AvgIpc) is 2.16. The lowest BCUT2D eigenvalue weighted by Gasteiger charge is -2.72. The van der Waals surface area contributed by atoms with Crippen LogP contribution in [0, 0.1) is 17.3 Å². The van der Waals surface area contributed by atoms with Crippen molar-refractivity contribution in [2.45, 2.75) is 65.1 Å². The zero-order valence-electron chi connectivity index (χ0n) is 11.9. The van der Waals surface area contributed by atoms with E-state index >= 15 is 0 Å². The highest BCUT2D eigenvalue weighted by atomic mass is 28.4. The summed E-state index contributed by atoms with van der Waals surface area (Å²) in [7, 11) is -1.56. The Hall–Kier alpha value is 0.177. The van der Waals surface area contributed by atoms with E-state index in [0.717, 1.165) is 18.4 Å². The third-order valence-corrected chi connectivity index (χ3v) is 10.6. The van der Waals surface area contributed by atoms with Gasteiger partial charge in [0.05, 0.1) is 0 Å². The molecule has 2 heteroatoms. The molecule has 94 valence electrons. The maximum absolute atomic E-state index is 6.25. The minimum atomic E-state index is -1.56. The van der Waals surface area contributed by atoms with E-state index in [4.69, 9.17) is 4.43 Å². The van der Waals surface area contributed by atoms with Gasteiger partial charge < -0.3 is 4.43 Å². The van der Waals surface area contributed by atoms with Gasteiger partial charge in [-0.25, -0.2) is 0 Å². The lowest BCUT2D eigenvalue weighted by Crippen LogP contribution is -2.68. The number of hydrogen-bond acceptors (Lipinski definition) is 1. The van der Waals surface area contributed by atoms with Crippen LogP contribution in [0.1, 0.15) is 47.0 Å². The Morgan fingerprint density at radius 1 is 1.25 bits per heavy atom. The van der Waals surface area contributed by atoms with Crippen molar-refractivity contribution in [2.75, 3.05) is 6.61 Å². The summed E-state index contributed by atoms with van der Waals surface area (Å²) in [6, 6.07) is 0. The molecular formula is C14H28OSi. The van der Waals surface area contributed by atoms with E-state index in [-0.39, 0.29) is 0 Å². The van der Waals surface area contributed by atoms with Crippen LogP contribution in [0.5, 0.6) is 0 Å². The maximum Gasteiger partial charge on any atom is 0.193 e. The molecule has 3 atom stereocenters. The lowest BCUT2D eigenvalue weighted by atomic mass is 9.45. The summed E-state index contributed by atoms with van der Waals surface area (Å²) in [5.74, 6) is 1.83. The standard InChI is InChI=1S/C14H28OSi/c1-7-15-16(5,6)14-10-12(13(14,3)4)9-8-11(14)2/h11-12H,7-10H2,1-6H3. The van der Waals surface area contributed by atoms with E-state index in [0.29, 0.717) is 10.5 Å². The molecular weight excluding hydrogens is 212 g/mol. The fourth-order valence-corrected chi connectivity index (χ4v) is 10.0. The predicted molar refractivity (Wildman–Crippen MR) is 72.1 cm³/mol. The van der Waals surface area contributed by atoms with Gasteiger partial charge >= 0.3 is 0 Å². The first kappa shape index (κ1) is 12.6. The second kappa shape index (κ2) is 3.58. The second-order valence-electron chi connectivity index (χ2n) is 7.02. The molecule has 1 nitrogen and oxygen atoms in total. The molecule has 0 heterocycles. The van der Waals surface area contributed by atoms with Crippen LogP contribution in [0.4, 0.5) is 0 Å². The van der Waals surface area contributed by atoms with Crippen molar-refractivity contribution in [3.05, 3.63) is 0 Å². The summed E-state index contributed by atoms with van der Waals surface area (Å²) in [6.07, 6.45) is 4.32. The molecule has 3 saturated carbocycles. The minimum Gasteiger partial charge on any atom is -0.417 e. The molecule has 0 aromatic heterocycles. The molecule has 0 amide bonds. The average molecular weight is 240 g/mol. The molecule has 16 heavy (non-hydrogen) atoms. The largest absolute Gasteiger partial charge is 0.417 e. The SMILES string of the molecule is CCO[Si](C)(C)C12CC(CCC1C)C2(C)C. The third-order valence-electron chi connectivity index (χ3n) is 6.11. The Bertz CT molecular complexity index is 284. The topological polar surface area (TPSA) is 9.23 Å². The number of fused-ring (bicyclic) bond motifs is 2. The van der Waals surface area contributed by atoms with Gasteiger partial charge in [-0.1, -0.05) is 27.2 Å². The van der Waals surface area contributed by atoms with Crippen molar-refractivity contribution in [1.29, 1.82) is 0 Å². The van der Waals surface area contributed by atoms with Gasteiger partial charge in [0.25, 0.3) is 0 Å². The summed E-state index contributed by atoms with van der Waals surface area (Å²) in [6.45, 7) is 15.4. The van der Waals surface area contributed by atoms with Gasteiger partial charge in [0.2, 0.25) is 0 Å². The van der Waals surface area contributed by atoms with E-state index in [1.165, 1.54) is 19.3 Å². The molecule has 0 spiro atoms. The summed E-state index contributed by atoms with van der Waals surface area (Å²) >= 11 is 0. The first-order chi connectivity index (χ1) is 7.29. The molecule has 3 fully saturated rings. The highest BCUT2D eigenvalue weighted by molar-refractivity contribution is 6.75. The molecule has 3 unspecified atom stereocenters. The van der Waals surface area contributed by atoms with E-state index in [1.54, 1.807) is 0 Å². The summed E-state index contributed by atoms with van der Waals surface area (Å²) in [5.41, 5.74) is 0.523. The molecule has 0 aromatic rings. The van der Waals surface area contributed by atoms with Gasteiger partial charge in [0, 0.05) is 6.61 Å².